The molecule has 21 heavy (non-hydrogen) atoms. The molecule has 6 nitrogen and oxygen atoms in total. The number of nitrogens with one attached hydrogen (secondary N) is 2. The molecule has 7 heteroatoms. The summed E-state index contributed by atoms with van der Waals surface area (Å²) in [5.74, 6) is 0.811. The number of carbonyl (C=O) groups is 1. The highest BCUT2D eigenvalue weighted by Gasteiger charge is 2.19. The fourth-order valence-corrected chi connectivity index (χ4v) is 3.19. The Morgan fingerprint density at radius 2 is 2.43 bits per heavy atom. The number of aromatic nitrogens is 2. The number of thioether (sulfide) groups is 1. The van der Waals surface area contributed by atoms with Crippen LogP contribution in [0.1, 0.15) is 0 Å². The number of hydrogen-bond acceptors (Lipinski definition) is 5. The summed E-state index contributed by atoms with van der Waals surface area (Å²) in [4.78, 5) is 22.3. The zero-order chi connectivity index (χ0) is 14.7. The zero-order valence-corrected chi connectivity index (χ0v) is 12.3. The van der Waals surface area contributed by atoms with E-state index < -0.39 is 0 Å². The first kappa shape index (κ1) is 14.0. The number of anilines is 1. The van der Waals surface area contributed by atoms with Crippen molar-refractivity contribution in [2.24, 2.45) is 5.73 Å². The third-order valence-corrected chi connectivity index (χ3v) is 4.25. The molecule has 0 saturated carbocycles. The predicted molar refractivity (Wildman–Crippen MR) is 86.0 cm³/mol. The molecule has 0 aromatic carbocycles. The largest absolute Gasteiger partial charge is 0.350 e. The second kappa shape index (κ2) is 6.19. The van der Waals surface area contributed by atoms with Gasteiger partial charge in [0, 0.05) is 49.4 Å². The first-order valence-electron chi connectivity index (χ1n) is 6.81. The quantitative estimate of drug-likeness (QED) is 0.785. The summed E-state index contributed by atoms with van der Waals surface area (Å²) < 4.78 is 0. The minimum Gasteiger partial charge on any atom is -0.350 e. The van der Waals surface area contributed by atoms with Crippen molar-refractivity contribution in [1.82, 2.24) is 15.3 Å². The summed E-state index contributed by atoms with van der Waals surface area (Å²) in [6, 6.07) is 3.97. The molecule has 2 aromatic heterocycles. The molecule has 0 fully saturated rings. The Bertz CT molecular complexity index is 681. The Kier molecular flexibility index (Phi) is 4.12. The van der Waals surface area contributed by atoms with E-state index in [1.165, 1.54) is 0 Å². The lowest BCUT2D eigenvalue weighted by molar-refractivity contribution is -0.116. The van der Waals surface area contributed by atoms with Crippen molar-refractivity contribution in [3.63, 3.8) is 0 Å². The van der Waals surface area contributed by atoms with E-state index >= 15 is 0 Å². The van der Waals surface area contributed by atoms with Crippen LogP contribution in [0.5, 0.6) is 0 Å². The molecule has 1 aliphatic rings. The number of amides is 1. The summed E-state index contributed by atoms with van der Waals surface area (Å²) in [5, 5.41) is 3.87. The van der Waals surface area contributed by atoms with Gasteiger partial charge in [-0.1, -0.05) is 0 Å². The van der Waals surface area contributed by atoms with E-state index in [0.717, 1.165) is 33.9 Å². The van der Waals surface area contributed by atoms with Gasteiger partial charge in [-0.25, -0.2) is 4.98 Å². The van der Waals surface area contributed by atoms with Gasteiger partial charge in [-0.15, -0.1) is 11.8 Å². The molecule has 1 amide bonds. The van der Waals surface area contributed by atoms with Crippen molar-refractivity contribution in [3.8, 4) is 0 Å². The van der Waals surface area contributed by atoms with Crippen LogP contribution in [0.3, 0.4) is 0 Å². The summed E-state index contributed by atoms with van der Waals surface area (Å²) in [6.45, 7) is 1.80. The number of carbonyl (C=O) groups excluding carboxylic acids is 1. The molecule has 1 aliphatic heterocycles. The van der Waals surface area contributed by atoms with Gasteiger partial charge in [0.2, 0.25) is 0 Å². The first-order chi connectivity index (χ1) is 10.3. The molecule has 0 bridgehead atoms. The molecule has 2 aromatic rings. The SMILES string of the molecule is NCCNC(=O)C1=CN(c2ccnc3[nH]ccc23)CCS1. The van der Waals surface area contributed by atoms with Gasteiger partial charge < -0.3 is 20.9 Å². The van der Waals surface area contributed by atoms with E-state index in [1.807, 2.05) is 24.5 Å². The van der Waals surface area contributed by atoms with Crippen LogP contribution in [0, 0.1) is 0 Å². The molecule has 3 rings (SSSR count). The second-order valence-electron chi connectivity index (χ2n) is 4.65. The van der Waals surface area contributed by atoms with Gasteiger partial charge in [-0.05, 0) is 12.1 Å². The number of H-pyrrole nitrogens is 1. The van der Waals surface area contributed by atoms with E-state index in [1.54, 1.807) is 18.0 Å². The van der Waals surface area contributed by atoms with Gasteiger partial charge in [0.15, 0.2) is 0 Å². The number of nitrogens with two attached hydrogens (primary N) is 1. The zero-order valence-electron chi connectivity index (χ0n) is 11.5. The summed E-state index contributed by atoms with van der Waals surface area (Å²) in [5.41, 5.74) is 7.33. The normalized spacial score (nSPS) is 15.1. The van der Waals surface area contributed by atoms with Crippen molar-refractivity contribution >= 4 is 34.4 Å². The molecule has 0 spiro atoms. The molecular weight excluding hydrogens is 286 g/mol. The second-order valence-corrected chi connectivity index (χ2v) is 5.79. The van der Waals surface area contributed by atoms with Crippen molar-refractivity contribution in [2.45, 2.75) is 0 Å². The minimum atomic E-state index is -0.0606. The summed E-state index contributed by atoms with van der Waals surface area (Å²) in [7, 11) is 0. The van der Waals surface area contributed by atoms with Gasteiger partial charge in [-0.2, -0.15) is 0 Å². The number of pyridine rings is 1. The van der Waals surface area contributed by atoms with Gasteiger partial charge >= 0.3 is 0 Å². The topological polar surface area (TPSA) is 87.0 Å². The van der Waals surface area contributed by atoms with E-state index in [9.17, 15) is 4.79 Å². The average molecular weight is 303 g/mol. The van der Waals surface area contributed by atoms with Gasteiger partial charge in [0.05, 0.1) is 10.6 Å². The Labute approximate surface area is 126 Å². The fourth-order valence-electron chi connectivity index (χ4n) is 2.28. The summed E-state index contributed by atoms with van der Waals surface area (Å²) in [6.07, 6.45) is 5.55. The lowest BCUT2D eigenvalue weighted by Crippen LogP contribution is -2.33. The van der Waals surface area contributed by atoms with Crippen molar-refractivity contribution in [1.29, 1.82) is 0 Å². The Hall–Kier alpha value is -1.99. The molecule has 0 radical (unpaired) electrons. The Balaban J connectivity index is 1.88. The first-order valence-corrected chi connectivity index (χ1v) is 7.80. The lowest BCUT2D eigenvalue weighted by Gasteiger charge is -2.26. The van der Waals surface area contributed by atoms with Crippen molar-refractivity contribution in [3.05, 3.63) is 35.6 Å². The van der Waals surface area contributed by atoms with Crippen LogP contribution in [0.25, 0.3) is 11.0 Å². The third-order valence-electron chi connectivity index (χ3n) is 3.26. The third kappa shape index (κ3) is 2.88. The van der Waals surface area contributed by atoms with Crippen LogP contribution in [0.2, 0.25) is 0 Å². The highest BCUT2D eigenvalue weighted by molar-refractivity contribution is 8.04. The molecular formula is C14H17N5OS. The Morgan fingerprint density at radius 3 is 3.29 bits per heavy atom. The van der Waals surface area contributed by atoms with E-state index in [0.29, 0.717) is 13.1 Å². The monoisotopic (exact) mass is 303 g/mol. The van der Waals surface area contributed by atoms with E-state index in [2.05, 4.69) is 20.2 Å². The number of fused-ring (bicyclic) bond motifs is 1. The lowest BCUT2D eigenvalue weighted by atomic mass is 10.2. The van der Waals surface area contributed by atoms with Gasteiger partial charge in [-0.3, -0.25) is 4.79 Å². The van der Waals surface area contributed by atoms with Crippen molar-refractivity contribution < 1.29 is 4.79 Å². The number of aromatic amines is 1. The fraction of sp³-hybridized carbons (Fsp3) is 0.286. The van der Waals surface area contributed by atoms with E-state index in [-0.39, 0.29) is 5.91 Å². The predicted octanol–water partition coefficient (Wildman–Crippen LogP) is 1.03. The summed E-state index contributed by atoms with van der Waals surface area (Å²) >= 11 is 1.57. The molecule has 0 aliphatic carbocycles. The number of nitrogens with zero attached hydrogens (tertiary/aromatic N) is 2. The maximum absolute atomic E-state index is 12.0. The van der Waals surface area contributed by atoms with Crippen LogP contribution < -0.4 is 16.0 Å². The highest BCUT2D eigenvalue weighted by Crippen LogP contribution is 2.30. The Morgan fingerprint density at radius 1 is 1.52 bits per heavy atom. The van der Waals surface area contributed by atoms with Crippen LogP contribution in [0.15, 0.2) is 35.6 Å². The molecule has 0 saturated heterocycles. The molecule has 0 unspecified atom stereocenters. The van der Waals surface area contributed by atoms with Crippen LogP contribution in [0.4, 0.5) is 5.69 Å². The maximum Gasteiger partial charge on any atom is 0.259 e. The molecule has 3 heterocycles. The van der Waals surface area contributed by atoms with Crippen LogP contribution in [-0.4, -0.2) is 41.3 Å². The van der Waals surface area contributed by atoms with E-state index in [4.69, 9.17) is 5.73 Å². The smallest absolute Gasteiger partial charge is 0.259 e. The maximum atomic E-state index is 12.0. The molecule has 4 N–H and O–H groups in total. The van der Waals surface area contributed by atoms with Crippen LogP contribution >= 0.6 is 11.8 Å². The minimum absolute atomic E-state index is 0.0606. The van der Waals surface area contributed by atoms with Gasteiger partial charge in [0.25, 0.3) is 5.91 Å². The molecule has 110 valence electrons. The highest BCUT2D eigenvalue weighted by atomic mass is 32.2. The van der Waals surface area contributed by atoms with Crippen LogP contribution in [-0.2, 0) is 4.79 Å². The number of hydrogen-bond donors (Lipinski definition) is 3. The molecule has 0 atom stereocenters. The standard InChI is InChI=1S/C14H17N5OS/c15-3-6-18-14(20)12-9-19(7-8-21-12)11-2-5-17-13-10(11)1-4-16-13/h1-2,4-5,9H,3,6-8,15H2,(H,16,17)(H,18,20). The number of rotatable bonds is 4. The van der Waals surface area contributed by atoms with Crippen molar-refractivity contribution in [2.75, 3.05) is 30.3 Å². The van der Waals surface area contributed by atoms with Gasteiger partial charge in [0.1, 0.15) is 5.65 Å². The average Bonchev–Trinajstić information content (AvgIpc) is 3.01.